The van der Waals surface area contributed by atoms with Crippen LogP contribution in [-0.4, -0.2) is 21.3 Å². The van der Waals surface area contributed by atoms with Gasteiger partial charge in [0.05, 0.1) is 21.2 Å². The fraction of sp³-hybridized carbons (Fsp3) is 0.0455. The van der Waals surface area contributed by atoms with Crippen molar-refractivity contribution < 1.29 is 23.5 Å². The molecule has 1 N–H and O–H groups in total. The van der Waals surface area contributed by atoms with Crippen LogP contribution in [0.5, 0.6) is 0 Å². The van der Waals surface area contributed by atoms with Gasteiger partial charge >= 0.3 is 5.97 Å². The quantitative estimate of drug-likeness (QED) is 0.362. The molecular formula is C22H13ClFNO4S2. The van der Waals surface area contributed by atoms with Crippen molar-refractivity contribution >= 4 is 63.5 Å². The molecule has 1 aliphatic rings. The normalized spacial score (nSPS) is 15.2. The van der Waals surface area contributed by atoms with E-state index in [1.54, 1.807) is 37.3 Å². The van der Waals surface area contributed by atoms with Crippen LogP contribution in [0.15, 0.2) is 57.9 Å². The SMILES string of the molecule is Cc1c(C(=O)O)cccc1-c1ccc(/C=C2\SC(=S)N(c3ccc(F)c(Cl)c3)C2=O)o1. The van der Waals surface area contributed by atoms with Gasteiger partial charge in [-0.15, -0.1) is 0 Å². The predicted octanol–water partition coefficient (Wildman–Crippen LogP) is 6.15. The van der Waals surface area contributed by atoms with E-state index in [1.807, 2.05) is 0 Å². The first-order valence-electron chi connectivity index (χ1n) is 8.92. The number of thiocarbonyl (C=S) groups is 1. The average molecular weight is 474 g/mol. The lowest BCUT2D eigenvalue weighted by molar-refractivity contribution is -0.113. The van der Waals surface area contributed by atoms with Crippen molar-refractivity contribution in [3.63, 3.8) is 0 Å². The molecule has 3 aromatic rings. The van der Waals surface area contributed by atoms with Gasteiger partial charge in [0.15, 0.2) is 4.32 Å². The van der Waals surface area contributed by atoms with Gasteiger partial charge in [-0.25, -0.2) is 9.18 Å². The van der Waals surface area contributed by atoms with Gasteiger partial charge in [-0.3, -0.25) is 9.69 Å². The highest BCUT2D eigenvalue weighted by atomic mass is 35.5. The zero-order valence-corrected chi connectivity index (χ0v) is 18.3. The Balaban J connectivity index is 1.64. The van der Waals surface area contributed by atoms with Crippen molar-refractivity contribution in [2.24, 2.45) is 0 Å². The van der Waals surface area contributed by atoms with Crippen LogP contribution in [0.3, 0.4) is 0 Å². The van der Waals surface area contributed by atoms with Crippen LogP contribution in [0.1, 0.15) is 21.7 Å². The van der Waals surface area contributed by atoms with Crippen LogP contribution in [-0.2, 0) is 4.79 Å². The molecule has 156 valence electrons. The standard InChI is InChI=1S/C22H13ClFNO4S2/c1-11-14(3-2-4-15(11)21(27)28)18-8-6-13(29-18)10-19-20(26)25(22(30)31-19)12-5-7-17(24)16(23)9-12/h2-10H,1H3,(H,27,28)/b19-10-. The highest BCUT2D eigenvalue weighted by molar-refractivity contribution is 8.27. The highest BCUT2D eigenvalue weighted by Crippen LogP contribution is 2.38. The van der Waals surface area contributed by atoms with Gasteiger partial charge in [0.2, 0.25) is 0 Å². The summed E-state index contributed by atoms with van der Waals surface area (Å²) in [6, 6.07) is 12.3. The summed E-state index contributed by atoms with van der Waals surface area (Å²) in [5, 5.41) is 9.20. The number of amides is 1. The molecule has 0 atom stereocenters. The van der Waals surface area contributed by atoms with Crippen LogP contribution in [0, 0.1) is 12.7 Å². The molecule has 0 saturated carbocycles. The Labute approximate surface area is 191 Å². The molecule has 31 heavy (non-hydrogen) atoms. The average Bonchev–Trinajstić information content (AvgIpc) is 3.29. The van der Waals surface area contributed by atoms with E-state index in [9.17, 15) is 19.1 Å². The first-order chi connectivity index (χ1) is 14.8. The molecule has 0 bridgehead atoms. The first kappa shape index (κ1) is 21.3. The number of hydrogen-bond acceptors (Lipinski definition) is 5. The number of rotatable bonds is 4. The maximum atomic E-state index is 13.5. The lowest BCUT2D eigenvalue weighted by atomic mass is 10.0. The van der Waals surface area contributed by atoms with E-state index in [1.165, 1.54) is 29.2 Å². The number of hydrogen-bond donors (Lipinski definition) is 1. The molecule has 0 radical (unpaired) electrons. The molecule has 5 nitrogen and oxygen atoms in total. The third-order valence-electron chi connectivity index (χ3n) is 4.68. The van der Waals surface area contributed by atoms with Crippen molar-refractivity contribution in [1.82, 2.24) is 0 Å². The zero-order chi connectivity index (χ0) is 22.3. The number of thioether (sulfide) groups is 1. The van der Waals surface area contributed by atoms with Gasteiger partial charge in [-0.1, -0.05) is 47.7 Å². The van der Waals surface area contributed by atoms with Crippen LogP contribution in [0.2, 0.25) is 5.02 Å². The molecule has 9 heteroatoms. The van der Waals surface area contributed by atoms with Crippen molar-refractivity contribution in [2.45, 2.75) is 6.92 Å². The summed E-state index contributed by atoms with van der Waals surface area (Å²) in [5.41, 5.74) is 1.79. The molecule has 0 aliphatic carbocycles. The molecule has 1 saturated heterocycles. The van der Waals surface area contributed by atoms with E-state index in [4.69, 9.17) is 28.2 Å². The van der Waals surface area contributed by atoms with Crippen LogP contribution in [0.25, 0.3) is 17.4 Å². The molecule has 0 unspecified atom stereocenters. The lowest BCUT2D eigenvalue weighted by Gasteiger charge is -2.14. The second-order valence-electron chi connectivity index (χ2n) is 6.60. The summed E-state index contributed by atoms with van der Waals surface area (Å²) in [7, 11) is 0. The minimum absolute atomic E-state index is 0.106. The van der Waals surface area contributed by atoms with Crippen molar-refractivity contribution in [3.8, 4) is 11.3 Å². The molecule has 1 fully saturated rings. The Bertz CT molecular complexity index is 1280. The van der Waals surface area contributed by atoms with E-state index >= 15 is 0 Å². The highest BCUT2D eigenvalue weighted by Gasteiger charge is 2.34. The summed E-state index contributed by atoms with van der Waals surface area (Å²) in [6.45, 7) is 1.71. The number of nitrogens with zero attached hydrogens (tertiary/aromatic N) is 1. The van der Waals surface area contributed by atoms with E-state index < -0.39 is 11.8 Å². The molecule has 1 aromatic heterocycles. The second kappa shape index (κ2) is 8.30. The molecular weight excluding hydrogens is 461 g/mol. The summed E-state index contributed by atoms with van der Waals surface area (Å²) < 4.78 is 19.6. The summed E-state index contributed by atoms with van der Waals surface area (Å²) in [4.78, 5) is 25.9. The topological polar surface area (TPSA) is 70.8 Å². The monoisotopic (exact) mass is 473 g/mol. The van der Waals surface area contributed by atoms with Crippen molar-refractivity contribution in [1.29, 1.82) is 0 Å². The number of aromatic carboxylic acids is 1. The zero-order valence-electron chi connectivity index (χ0n) is 15.9. The third-order valence-corrected chi connectivity index (χ3v) is 6.28. The molecule has 1 amide bonds. The molecule has 1 aliphatic heterocycles. The van der Waals surface area contributed by atoms with Crippen molar-refractivity contribution in [3.05, 3.63) is 81.2 Å². The Morgan fingerprint density at radius 1 is 1.26 bits per heavy atom. The number of anilines is 1. The largest absolute Gasteiger partial charge is 0.478 e. The number of carboxylic acids is 1. The number of carboxylic acid groups (broad SMARTS) is 1. The van der Waals surface area contributed by atoms with Gasteiger partial charge in [0, 0.05) is 11.6 Å². The Kier molecular flexibility index (Phi) is 5.70. The molecule has 0 spiro atoms. The van der Waals surface area contributed by atoms with Gasteiger partial charge in [0.1, 0.15) is 17.3 Å². The van der Waals surface area contributed by atoms with Gasteiger partial charge in [-0.05, 0) is 48.9 Å². The number of carbonyl (C=O) groups is 2. The smallest absolute Gasteiger partial charge is 0.335 e. The van der Waals surface area contributed by atoms with Crippen molar-refractivity contribution in [2.75, 3.05) is 4.90 Å². The fourth-order valence-electron chi connectivity index (χ4n) is 3.15. The maximum absolute atomic E-state index is 13.5. The first-order valence-corrected chi connectivity index (χ1v) is 10.5. The number of carbonyl (C=O) groups excluding carboxylic acids is 1. The Hall–Kier alpha value is -2.94. The van der Waals surface area contributed by atoms with Crippen LogP contribution < -0.4 is 4.90 Å². The molecule has 2 aromatic carbocycles. The number of furan rings is 1. The second-order valence-corrected chi connectivity index (χ2v) is 8.68. The maximum Gasteiger partial charge on any atom is 0.335 e. The van der Waals surface area contributed by atoms with Crippen LogP contribution >= 0.6 is 35.6 Å². The van der Waals surface area contributed by atoms with Gasteiger partial charge in [0.25, 0.3) is 5.91 Å². The van der Waals surface area contributed by atoms with E-state index in [-0.39, 0.29) is 20.8 Å². The van der Waals surface area contributed by atoms with Gasteiger partial charge in [-0.2, -0.15) is 0 Å². The lowest BCUT2D eigenvalue weighted by Crippen LogP contribution is -2.27. The minimum atomic E-state index is -1.02. The summed E-state index contributed by atoms with van der Waals surface area (Å²) >= 11 is 12.2. The van der Waals surface area contributed by atoms with E-state index in [0.717, 1.165) is 11.8 Å². The number of halogens is 2. The van der Waals surface area contributed by atoms with Crippen LogP contribution in [0.4, 0.5) is 10.1 Å². The predicted molar refractivity (Wildman–Crippen MR) is 123 cm³/mol. The van der Waals surface area contributed by atoms with Gasteiger partial charge < -0.3 is 9.52 Å². The summed E-state index contributed by atoms with van der Waals surface area (Å²) in [5.74, 6) is -1.09. The third kappa shape index (κ3) is 4.01. The van der Waals surface area contributed by atoms with E-state index in [0.29, 0.717) is 33.2 Å². The Morgan fingerprint density at radius 2 is 2.03 bits per heavy atom. The summed E-state index contributed by atoms with van der Waals surface area (Å²) in [6.07, 6.45) is 1.56. The number of benzene rings is 2. The van der Waals surface area contributed by atoms with E-state index in [2.05, 4.69) is 0 Å². The molecule has 4 rings (SSSR count). The Morgan fingerprint density at radius 3 is 2.74 bits per heavy atom. The fourth-order valence-corrected chi connectivity index (χ4v) is 4.61. The molecule has 2 heterocycles. The minimum Gasteiger partial charge on any atom is -0.478 e.